The minimum Gasteiger partial charge on any atom is -0.409 e. The Morgan fingerprint density at radius 3 is 2.87 bits per heavy atom. The number of carbonyl (C=O) groups excluding carboxylic acids is 1. The summed E-state index contributed by atoms with van der Waals surface area (Å²) < 4.78 is 0. The van der Waals surface area contributed by atoms with Crippen molar-refractivity contribution >= 4 is 17.5 Å². The lowest BCUT2D eigenvalue weighted by Gasteiger charge is -2.07. The van der Waals surface area contributed by atoms with Gasteiger partial charge >= 0.3 is 0 Å². The fourth-order valence-electron chi connectivity index (χ4n) is 0.996. The van der Waals surface area contributed by atoms with Crippen molar-refractivity contribution in [2.45, 2.75) is 13.3 Å². The van der Waals surface area contributed by atoms with Crippen LogP contribution in [0.25, 0.3) is 0 Å². The van der Waals surface area contributed by atoms with Crippen LogP contribution in [0.1, 0.15) is 23.7 Å². The molecule has 0 aromatic heterocycles. The highest BCUT2D eigenvalue weighted by atomic mass is 35.5. The molecule has 1 aromatic rings. The summed E-state index contributed by atoms with van der Waals surface area (Å²) in [6.45, 7) is 2.77. The lowest BCUT2D eigenvalue weighted by molar-refractivity contribution is 0.100. The fourth-order valence-corrected chi connectivity index (χ4v) is 1.26. The van der Waals surface area contributed by atoms with Crippen LogP contribution in [-0.4, -0.2) is 12.5 Å². The number of rotatable bonds is 5. The van der Waals surface area contributed by atoms with Crippen molar-refractivity contribution in [3.63, 3.8) is 0 Å². The Bertz CT molecular complexity index is 355. The monoisotopic (exact) mass is 228 g/mol. The first kappa shape index (κ1) is 11.8. The molecule has 0 unspecified atom stereocenters. The molecule has 0 aliphatic carbocycles. The van der Waals surface area contributed by atoms with E-state index in [1.54, 1.807) is 12.1 Å². The number of hydroxylamine groups is 1. The van der Waals surface area contributed by atoms with E-state index in [1.807, 2.05) is 6.92 Å². The SMILES string of the molecule is CCCNOc1ccc(C(N)=O)c(Cl)c1. The summed E-state index contributed by atoms with van der Waals surface area (Å²) in [4.78, 5) is 16.1. The predicted octanol–water partition coefficient (Wildman–Crippen LogP) is 1.73. The Hall–Kier alpha value is -1.26. The van der Waals surface area contributed by atoms with Crippen LogP contribution in [0.2, 0.25) is 5.02 Å². The van der Waals surface area contributed by atoms with Gasteiger partial charge in [-0.3, -0.25) is 4.79 Å². The molecular formula is C10H13ClN2O2. The molecule has 0 bridgehead atoms. The molecule has 0 atom stereocenters. The molecule has 1 amide bonds. The maximum absolute atomic E-state index is 10.9. The van der Waals surface area contributed by atoms with Crippen molar-refractivity contribution < 1.29 is 9.63 Å². The molecule has 1 aromatic carbocycles. The van der Waals surface area contributed by atoms with E-state index >= 15 is 0 Å². The maximum atomic E-state index is 10.9. The minimum absolute atomic E-state index is 0.290. The minimum atomic E-state index is -0.548. The summed E-state index contributed by atoms with van der Waals surface area (Å²) in [5, 5.41) is 0.290. The topological polar surface area (TPSA) is 64.3 Å². The van der Waals surface area contributed by atoms with Gasteiger partial charge in [0.2, 0.25) is 5.91 Å². The van der Waals surface area contributed by atoms with E-state index in [1.165, 1.54) is 6.07 Å². The lowest BCUT2D eigenvalue weighted by Crippen LogP contribution is -2.19. The smallest absolute Gasteiger partial charge is 0.250 e. The summed E-state index contributed by atoms with van der Waals surface area (Å²) >= 11 is 5.83. The van der Waals surface area contributed by atoms with Crippen LogP contribution in [0.5, 0.6) is 5.75 Å². The molecule has 0 saturated carbocycles. The van der Waals surface area contributed by atoms with Crippen LogP contribution in [0.3, 0.4) is 0 Å². The molecule has 0 spiro atoms. The molecule has 0 aliphatic heterocycles. The number of primary amides is 1. The first-order chi connectivity index (χ1) is 7.15. The standard InChI is InChI=1S/C10H13ClN2O2/c1-2-5-13-15-7-3-4-8(10(12)14)9(11)6-7/h3-4,6,13H,2,5H2,1H3,(H2,12,14). The van der Waals surface area contributed by atoms with E-state index in [2.05, 4.69) is 5.48 Å². The van der Waals surface area contributed by atoms with Gasteiger partial charge < -0.3 is 10.6 Å². The van der Waals surface area contributed by atoms with Crippen molar-refractivity contribution in [2.24, 2.45) is 5.73 Å². The Kier molecular flexibility index (Phi) is 4.39. The van der Waals surface area contributed by atoms with Gasteiger partial charge in [0.25, 0.3) is 0 Å². The third-order valence-electron chi connectivity index (χ3n) is 1.75. The summed E-state index contributed by atoms with van der Waals surface area (Å²) in [7, 11) is 0. The maximum Gasteiger partial charge on any atom is 0.250 e. The van der Waals surface area contributed by atoms with Gasteiger partial charge in [-0.15, -0.1) is 0 Å². The Labute approximate surface area is 93.3 Å². The largest absolute Gasteiger partial charge is 0.409 e. The van der Waals surface area contributed by atoms with Gasteiger partial charge in [-0.25, -0.2) is 0 Å². The van der Waals surface area contributed by atoms with E-state index in [9.17, 15) is 4.79 Å². The molecule has 0 saturated heterocycles. The van der Waals surface area contributed by atoms with Crippen molar-refractivity contribution in [1.82, 2.24) is 5.48 Å². The summed E-state index contributed by atoms with van der Waals surface area (Å²) in [6.07, 6.45) is 0.965. The molecule has 15 heavy (non-hydrogen) atoms. The summed E-state index contributed by atoms with van der Waals surface area (Å²) in [6, 6.07) is 4.71. The fraction of sp³-hybridized carbons (Fsp3) is 0.300. The van der Waals surface area contributed by atoms with Gasteiger partial charge in [-0.2, -0.15) is 5.48 Å². The zero-order valence-electron chi connectivity index (χ0n) is 8.42. The Morgan fingerprint density at radius 2 is 2.33 bits per heavy atom. The molecule has 1 rings (SSSR count). The molecule has 0 fully saturated rings. The highest BCUT2D eigenvalue weighted by molar-refractivity contribution is 6.33. The van der Waals surface area contributed by atoms with Gasteiger partial charge in [0, 0.05) is 12.6 Å². The Morgan fingerprint density at radius 1 is 1.60 bits per heavy atom. The number of hydrogen-bond donors (Lipinski definition) is 2. The molecule has 82 valence electrons. The molecule has 0 aliphatic rings. The van der Waals surface area contributed by atoms with E-state index < -0.39 is 5.91 Å². The van der Waals surface area contributed by atoms with Gasteiger partial charge in [0.15, 0.2) is 0 Å². The number of amides is 1. The van der Waals surface area contributed by atoms with Crippen LogP contribution >= 0.6 is 11.6 Å². The molecular weight excluding hydrogens is 216 g/mol. The van der Waals surface area contributed by atoms with Crippen molar-refractivity contribution in [2.75, 3.05) is 6.54 Å². The summed E-state index contributed by atoms with van der Waals surface area (Å²) in [5.74, 6) is 0.00603. The predicted molar refractivity (Wildman–Crippen MR) is 58.9 cm³/mol. The van der Waals surface area contributed by atoms with Gasteiger partial charge in [0.05, 0.1) is 10.6 Å². The number of benzene rings is 1. The average molecular weight is 229 g/mol. The second-order valence-electron chi connectivity index (χ2n) is 3.00. The third-order valence-corrected chi connectivity index (χ3v) is 2.06. The number of hydrogen-bond acceptors (Lipinski definition) is 3. The Balaban J connectivity index is 2.69. The zero-order valence-corrected chi connectivity index (χ0v) is 9.17. The van der Waals surface area contributed by atoms with Crippen molar-refractivity contribution in [3.8, 4) is 5.75 Å². The lowest BCUT2D eigenvalue weighted by atomic mass is 10.2. The first-order valence-electron chi connectivity index (χ1n) is 4.64. The molecule has 0 heterocycles. The normalized spacial score (nSPS) is 10.0. The van der Waals surface area contributed by atoms with E-state index in [0.717, 1.165) is 13.0 Å². The highest BCUT2D eigenvalue weighted by Gasteiger charge is 2.07. The first-order valence-corrected chi connectivity index (χ1v) is 5.02. The van der Waals surface area contributed by atoms with Crippen LogP contribution in [0.4, 0.5) is 0 Å². The van der Waals surface area contributed by atoms with Crippen LogP contribution in [-0.2, 0) is 0 Å². The second kappa shape index (κ2) is 5.58. The number of nitrogens with two attached hydrogens (primary N) is 1. The third kappa shape index (κ3) is 3.42. The van der Waals surface area contributed by atoms with E-state index in [0.29, 0.717) is 16.3 Å². The van der Waals surface area contributed by atoms with Crippen LogP contribution < -0.4 is 16.1 Å². The molecule has 0 radical (unpaired) electrons. The quantitative estimate of drug-likeness (QED) is 0.596. The van der Waals surface area contributed by atoms with Crippen molar-refractivity contribution in [1.29, 1.82) is 0 Å². The van der Waals surface area contributed by atoms with Crippen LogP contribution in [0.15, 0.2) is 18.2 Å². The van der Waals surface area contributed by atoms with Gasteiger partial charge in [0.1, 0.15) is 5.75 Å². The highest BCUT2D eigenvalue weighted by Crippen LogP contribution is 2.21. The van der Waals surface area contributed by atoms with E-state index in [4.69, 9.17) is 22.2 Å². The van der Waals surface area contributed by atoms with Gasteiger partial charge in [-0.05, 0) is 18.6 Å². The van der Waals surface area contributed by atoms with Crippen LogP contribution in [0, 0.1) is 0 Å². The molecule has 5 heteroatoms. The van der Waals surface area contributed by atoms with Gasteiger partial charge in [-0.1, -0.05) is 18.5 Å². The van der Waals surface area contributed by atoms with E-state index in [-0.39, 0.29) is 0 Å². The number of halogens is 1. The zero-order chi connectivity index (χ0) is 11.3. The molecule has 3 N–H and O–H groups in total. The van der Waals surface area contributed by atoms with Crippen molar-refractivity contribution in [3.05, 3.63) is 28.8 Å². The molecule has 4 nitrogen and oxygen atoms in total. The summed E-state index contributed by atoms with van der Waals surface area (Å²) in [5.41, 5.74) is 8.15. The average Bonchev–Trinajstić information content (AvgIpc) is 2.17. The number of carbonyl (C=O) groups is 1. The number of nitrogens with one attached hydrogen (secondary N) is 1. The second-order valence-corrected chi connectivity index (χ2v) is 3.41.